The average molecular weight is 303 g/mol. The van der Waals surface area contributed by atoms with Crippen molar-refractivity contribution < 1.29 is 19.0 Å². The van der Waals surface area contributed by atoms with E-state index in [4.69, 9.17) is 14.2 Å². The van der Waals surface area contributed by atoms with Gasteiger partial charge in [0.15, 0.2) is 11.5 Å². The summed E-state index contributed by atoms with van der Waals surface area (Å²) in [6.07, 6.45) is 0. The molecule has 1 aromatic rings. The molecule has 0 saturated heterocycles. The fourth-order valence-corrected chi connectivity index (χ4v) is 1.83. The van der Waals surface area contributed by atoms with Crippen LogP contribution in [0.3, 0.4) is 0 Å². The molecule has 0 spiro atoms. The molecule has 0 saturated carbocycles. The van der Waals surface area contributed by atoms with E-state index >= 15 is 0 Å². The zero-order valence-corrected chi connectivity index (χ0v) is 11.8. The highest BCUT2D eigenvalue weighted by atomic mass is 79.9. The summed E-state index contributed by atoms with van der Waals surface area (Å²) < 4.78 is 15.6. The van der Waals surface area contributed by atoms with Crippen LogP contribution in [0.15, 0.2) is 12.1 Å². The number of methoxy groups -OCH3 is 3. The van der Waals surface area contributed by atoms with Crippen LogP contribution in [0.2, 0.25) is 0 Å². The predicted octanol–water partition coefficient (Wildman–Crippen LogP) is 2.74. The van der Waals surface area contributed by atoms with Gasteiger partial charge in [0, 0.05) is 11.6 Å². The molecule has 1 aromatic carbocycles. The van der Waals surface area contributed by atoms with Gasteiger partial charge < -0.3 is 14.2 Å². The lowest BCUT2D eigenvalue weighted by Gasteiger charge is -2.16. The van der Waals surface area contributed by atoms with E-state index < -0.39 is 4.83 Å². The van der Waals surface area contributed by atoms with Gasteiger partial charge in [0.05, 0.1) is 21.3 Å². The Morgan fingerprint density at radius 3 is 1.94 bits per heavy atom. The SMILES string of the molecule is COc1cc(OC)c(C(Br)C(C)=O)cc1OC. The van der Waals surface area contributed by atoms with E-state index in [9.17, 15) is 4.79 Å². The van der Waals surface area contributed by atoms with Gasteiger partial charge in [-0.25, -0.2) is 0 Å². The van der Waals surface area contributed by atoms with E-state index in [1.54, 1.807) is 33.5 Å². The lowest BCUT2D eigenvalue weighted by Crippen LogP contribution is -2.04. The molecule has 0 bridgehead atoms. The summed E-state index contributed by atoms with van der Waals surface area (Å²) >= 11 is 3.33. The summed E-state index contributed by atoms with van der Waals surface area (Å²) in [7, 11) is 4.64. The first-order chi connectivity index (χ1) is 8.04. The molecule has 0 amide bonds. The van der Waals surface area contributed by atoms with Gasteiger partial charge in [-0.3, -0.25) is 4.79 Å². The quantitative estimate of drug-likeness (QED) is 0.785. The smallest absolute Gasteiger partial charge is 0.164 e. The summed E-state index contributed by atoms with van der Waals surface area (Å²) in [4.78, 5) is 11.0. The standard InChI is InChI=1S/C12H15BrO4/c1-7(14)12(13)8-5-10(16-3)11(17-4)6-9(8)15-2/h5-6,12H,1-4H3. The lowest BCUT2D eigenvalue weighted by molar-refractivity contribution is -0.116. The van der Waals surface area contributed by atoms with Gasteiger partial charge >= 0.3 is 0 Å². The van der Waals surface area contributed by atoms with Crippen molar-refractivity contribution in [3.05, 3.63) is 17.7 Å². The normalized spacial score (nSPS) is 11.8. The highest BCUT2D eigenvalue weighted by molar-refractivity contribution is 9.09. The maximum Gasteiger partial charge on any atom is 0.164 e. The summed E-state index contributed by atoms with van der Waals surface area (Å²) in [6.45, 7) is 1.51. The van der Waals surface area contributed by atoms with Crippen LogP contribution in [0.1, 0.15) is 17.3 Å². The van der Waals surface area contributed by atoms with E-state index in [1.807, 2.05) is 0 Å². The Hall–Kier alpha value is -1.23. The average Bonchev–Trinajstić information content (AvgIpc) is 2.35. The Morgan fingerprint density at radius 1 is 1.06 bits per heavy atom. The topological polar surface area (TPSA) is 44.8 Å². The Morgan fingerprint density at radius 2 is 1.53 bits per heavy atom. The first-order valence-electron chi connectivity index (χ1n) is 4.99. The number of alkyl halides is 1. The molecule has 0 N–H and O–H groups in total. The Balaban J connectivity index is 3.33. The first kappa shape index (κ1) is 13.8. The molecule has 0 aliphatic rings. The zero-order chi connectivity index (χ0) is 13.0. The van der Waals surface area contributed by atoms with Crippen LogP contribution >= 0.6 is 15.9 Å². The minimum atomic E-state index is -0.419. The maximum atomic E-state index is 11.4. The number of halogens is 1. The van der Waals surface area contributed by atoms with Gasteiger partial charge in [-0.15, -0.1) is 0 Å². The van der Waals surface area contributed by atoms with E-state index in [1.165, 1.54) is 6.92 Å². The van der Waals surface area contributed by atoms with Gasteiger partial charge in [-0.2, -0.15) is 0 Å². The molecule has 17 heavy (non-hydrogen) atoms. The van der Waals surface area contributed by atoms with Crippen molar-refractivity contribution in [3.8, 4) is 17.2 Å². The van der Waals surface area contributed by atoms with Crippen molar-refractivity contribution in [2.24, 2.45) is 0 Å². The molecule has 0 aliphatic carbocycles. The van der Waals surface area contributed by atoms with Crippen molar-refractivity contribution >= 4 is 21.7 Å². The van der Waals surface area contributed by atoms with Gasteiger partial charge in [0.1, 0.15) is 16.4 Å². The van der Waals surface area contributed by atoms with Crippen molar-refractivity contribution in [2.45, 2.75) is 11.8 Å². The maximum absolute atomic E-state index is 11.4. The molecule has 0 heterocycles. The van der Waals surface area contributed by atoms with E-state index in [-0.39, 0.29) is 5.78 Å². The number of carbonyl (C=O) groups is 1. The van der Waals surface area contributed by atoms with E-state index in [2.05, 4.69) is 15.9 Å². The Kier molecular flexibility index (Phi) is 4.81. The molecule has 0 aliphatic heterocycles. The minimum absolute atomic E-state index is 0.00415. The number of hydrogen-bond acceptors (Lipinski definition) is 4. The number of ether oxygens (including phenoxy) is 3. The Bertz CT molecular complexity index is 417. The van der Waals surface area contributed by atoms with Gasteiger partial charge in [0.25, 0.3) is 0 Å². The summed E-state index contributed by atoms with van der Waals surface area (Å²) in [6, 6.07) is 3.43. The van der Waals surface area contributed by atoms with E-state index in [0.717, 1.165) is 5.56 Å². The molecule has 0 fully saturated rings. The third-order valence-electron chi connectivity index (χ3n) is 2.37. The van der Waals surface area contributed by atoms with Crippen LogP contribution in [0.25, 0.3) is 0 Å². The second-order valence-corrected chi connectivity index (χ2v) is 4.34. The van der Waals surface area contributed by atoms with Crippen molar-refractivity contribution in [3.63, 3.8) is 0 Å². The molecule has 5 heteroatoms. The molecule has 4 nitrogen and oxygen atoms in total. The minimum Gasteiger partial charge on any atom is -0.496 e. The number of Topliss-reactive ketones (excluding diaryl/α,β-unsaturated/α-hetero) is 1. The molecule has 94 valence electrons. The van der Waals surface area contributed by atoms with Crippen LogP contribution < -0.4 is 14.2 Å². The fourth-order valence-electron chi connectivity index (χ4n) is 1.47. The monoisotopic (exact) mass is 302 g/mol. The molecular weight excluding hydrogens is 288 g/mol. The number of benzene rings is 1. The van der Waals surface area contributed by atoms with Gasteiger partial charge in [-0.1, -0.05) is 15.9 Å². The second kappa shape index (κ2) is 5.91. The van der Waals surface area contributed by atoms with Gasteiger partial charge in [-0.05, 0) is 13.0 Å². The van der Waals surface area contributed by atoms with Crippen molar-refractivity contribution in [1.82, 2.24) is 0 Å². The molecule has 0 radical (unpaired) electrons. The van der Waals surface area contributed by atoms with Crippen LogP contribution in [-0.4, -0.2) is 27.1 Å². The third-order valence-corrected chi connectivity index (χ3v) is 3.50. The van der Waals surface area contributed by atoms with Crippen LogP contribution in [0.4, 0.5) is 0 Å². The largest absolute Gasteiger partial charge is 0.496 e. The number of rotatable bonds is 5. The number of ketones is 1. The zero-order valence-electron chi connectivity index (χ0n) is 10.2. The molecular formula is C12H15BrO4. The molecule has 1 atom stereocenters. The third kappa shape index (κ3) is 2.91. The highest BCUT2D eigenvalue weighted by Crippen LogP contribution is 2.40. The second-order valence-electron chi connectivity index (χ2n) is 3.42. The van der Waals surface area contributed by atoms with Crippen LogP contribution in [0, 0.1) is 0 Å². The molecule has 1 rings (SSSR count). The highest BCUT2D eigenvalue weighted by Gasteiger charge is 2.20. The molecule has 1 unspecified atom stereocenters. The first-order valence-corrected chi connectivity index (χ1v) is 5.91. The van der Waals surface area contributed by atoms with Crippen molar-refractivity contribution in [1.29, 1.82) is 0 Å². The fraction of sp³-hybridized carbons (Fsp3) is 0.417. The number of hydrogen-bond donors (Lipinski definition) is 0. The van der Waals surface area contributed by atoms with Crippen molar-refractivity contribution in [2.75, 3.05) is 21.3 Å². The Labute approximate surface area is 109 Å². The summed E-state index contributed by atoms with van der Waals surface area (Å²) in [5.41, 5.74) is 0.720. The predicted molar refractivity (Wildman–Crippen MR) is 68.4 cm³/mol. The van der Waals surface area contributed by atoms with Crippen LogP contribution in [-0.2, 0) is 4.79 Å². The summed E-state index contributed by atoms with van der Waals surface area (Å²) in [5, 5.41) is 0. The summed E-state index contributed by atoms with van der Waals surface area (Å²) in [5.74, 6) is 1.71. The van der Waals surface area contributed by atoms with E-state index in [0.29, 0.717) is 17.2 Å². The lowest BCUT2D eigenvalue weighted by atomic mass is 10.1. The number of carbonyl (C=O) groups excluding carboxylic acids is 1. The van der Waals surface area contributed by atoms with Crippen LogP contribution in [0.5, 0.6) is 17.2 Å². The van der Waals surface area contributed by atoms with Gasteiger partial charge in [0.2, 0.25) is 0 Å². The molecule has 0 aromatic heterocycles.